The molecule has 0 atom stereocenters. The summed E-state index contributed by atoms with van der Waals surface area (Å²) in [4.78, 5) is 0. The lowest BCUT2D eigenvalue weighted by molar-refractivity contribution is 0.690. The SMILES string of the molecule is Cc1cn(Cc2cccc(Cl)c2)nc1N. The monoisotopic (exact) mass is 221 g/mol. The van der Waals surface area contributed by atoms with Gasteiger partial charge in [-0.2, -0.15) is 5.10 Å². The minimum atomic E-state index is 0.581. The Balaban J connectivity index is 2.22. The van der Waals surface area contributed by atoms with Crippen molar-refractivity contribution in [2.45, 2.75) is 13.5 Å². The maximum absolute atomic E-state index is 5.89. The summed E-state index contributed by atoms with van der Waals surface area (Å²) in [5, 5.41) is 4.93. The number of nitrogens with two attached hydrogens (primary N) is 1. The summed E-state index contributed by atoms with van der Waals surface area (Å²) in [6.45, 7) is 2.63. The highest BCUT2D eigenvalue weighted by atomic mass is 35.5. The smallest absolute Gasteiger partial charge is 0.148 e. The highest BCUT2D eigenvalue weighted by molar-refractivity contribution is 6.30. The van der Waals surface area contributed by atoms with Crippen LogP contribution < -0.4 is 5.73 Å². The van der Waals surface area contributed by atoms with E-state index in [0.717, 1.165) is 16.1 Å². The number of anilines is 1. The fourth-order valence-electron chi connectivity index (χ4n) is 1.44. The molecule has 2 N–H and O–H groups in total. The third-order valence-corrected chi connectivity index (χ3v) is 2.45. The Morgan fingerprint density at radius 1 is 1.47 bits per heavy atom. The lowest BCUT2D eigenvalue weighted by Gasteiger charge is -2.01. The van der Waals surface area contributed by atoms with E-state index in [1.807, 2.05) is 42.1 Å². The van der Waals surface area contributed by atoms with Gasteiger partial charge in [0.1, 0.15) is 5.82 Å². The predicted molar refractivity (Wildman–Crippen MR) is 61.9 cm³/mol. The number of nitrogens with zero attached hydrogens (tertiary/aromatic N) is 2. The van der Waals surface area contributed by atoms with Crippen LogP contribution in [0.4, 0.5) is 5.82 Å². The van der Waals surface area contributed by atoms with Gasteiger partial charge in [0, 0.05) is 16.8 Å². The third-order valence-electron chi connectivity index (χ3n) is 2.22. The molecule has 0 amide bonds. The summed E-state index contributed by atoms with van der Waals surface area (Å²) in [6, 6.07) is 7.72. The van der Waals surface area contributed by atoms with E-state index in [9.17, 15) is 0 Å². The van der Waals surface area contributed by atoms with Crippen LogP contribution in [0.25, 0.3) is 0 Å². The van der Waals surface area contributed by atoms with Crippen molar-refractivity contribution in [1.29, 1.82) is 0 Å². The Labute approximate surface area is 93.5 Å². The second-order valence-corrected chi connectivity index (χ2v) is 3.96. The molecular formula is C11H12ClN3. The van der Waals surface area contributed by atoms with Gasteiger partial charge < -0.3 is 5.73 Å². The van der Waals surface area contributed by atoms with Crippen molar-refractivity contribution >= 4 is 17.4 Å². The van der Waals surface area contributed by atoms with Crippen molar-refractivity contribution in [3.8, 4) is 0 Å². The van der Waals surface area contributed by atoms with Gasteiger partial charge in [-0.15, -0.1) is 0 Å². The van der Waals surface area contributed by atoms with Crippen molar-refractivity contribution in [2.75, 3.05) is 5.73 Å². The van der Waals surface area contributed by atoms with Crippen LogP contribution in [0.1, 0.15) is 11.1 Å². The van der Waals surface area contributed by atoms with Crippen LogP contribution >= 0.6 is 11.6 Å². The summed E-state index contributed by atoms with van der Waals surface area (Å²) in [5.74, 6) is 0.581. The highest BCUT2D eigenvalue weighted by Crippen LogP contribution is 2.13. The van der Waals surface area contributed by atoms with Gasteiger partial charge in [-0.3, -0.25) is 4.68 Å². The first-order valence-corrected chi connectivity index (χ1v) is 5.07. The highest BCUT2D eigenvalue weighted by Gasteiger charge is 2.01. The van der Waals surface area contributed by atoms with Crippen molar-refractivity contribution in [2.24, 2.45) is 0 Å². The van der Waals surface area contributed by atoms with Crippen LogP contribution in [0.2, 0.25) is 5.02 Å². The number of hydrogen-bond donors (Lipinski definition) is 1. The lowest BCUT2D eigenvalue weighted by atomic mass is 10.2. The number of hydrogen-bond acceptors (Lipinski definition) is 2. The molecule has 1 aromatic heterocycles. The minimum Gasteiger partial charge on any atom is -0.382 e. The number of aryl methyl sites for hydroxylation is 1. The van der Waals surface area contributed by atoms with E-state index in [-0.39, 0.29) is 0 Å². The van der Waals surface area contributed by atoms with Gasteiger partial charge in [0.15, 0.2) is 0 Å². The molecule has 0 unspecified atom stereocenters. The zero-order chi connectivity index (χ0) is 10.8. The van der Waals surface area contributed by atoms with E-state index in [1.165, 1.54) is 0 Å². The summed E-state index contributed by atoms with van der Waals surface area (Å²) in [6.07, 6.45) is 1.93. The lowest BCUT2D eigenvalue weighted by Crippen LogP contribution is -2.00. The molecule has 0 spiro atoms. The van der Waals surface area contributed by atoms with Crippen LogP contribution in [0, 0.1) is 6.92 Å². The second kappa shape index (κ2) is 3.95. The quantitative estimate of drug-likeness (QED) is 0.847. The molecule has 4 heteroatoms. The molecule has 15 heavy (non-hydrogen) atoms. The average Bonchev–Trinajstić information content (AvgIpc) is 2.45. The topological polar surface area (TPSA) is 43.8 Å². The maximum Gasteiger partial charge on any atom is 0.148 e. The molecule has 0 saturated carbocycles. The molecule has 78 valence electrons. The van der Waals surface area contributed by atoms with Crippen LogP contribution in [0.3, 0.4) is 0 Å². The molecule has 0 aliphatic heterocycles. The van der Waals surface area contributed by atoms with E-state index in [2.05, 4.69) is 5.10 Å². The Hall–Kier alpha value is -1.48. The van der Waals surface area contributed by atoms with Crippen molar-refractivity contribution < 1.29 is 0 Å². The third kappa shape index (κ3) is 2.30. The van der Waals surface area contributed by atoms with E-state index in [0.29, 0.717) is 12.4 Å². The minimum absolute atomic E-state index is 0.581. The van der Waals surface area contributed by atoms with Crippen molar-refractivity contribution in [1.82, 2.24) is 9.78 Å². The van der Waals surface area contributed by atoms with E-state index in [1.54, 1.807) is 0 Å². The molecule has 0 aliphatic carbocycles. The summed E-state index contributed by atoms with van der Waals surface area (Å²) in [5.41, 5.74) is 7.78. The number of nitrogen functional groups attached to an aromatic ring is 1. The largest absolute Gasteiger partial charge is 0.382 e. The summed E-state index contributed by atoms with van der Waals surface area (Å²) < 4.78 is 1.82. The van der Waals surface area contributed by atoms with Gasteiger partial charge in [-0.05, 0) is 24.6 Å². The number of halogens is 1. The van der Waals surface area contributed by atoms with Crippen molar-refractivity contribution in [3.63, 3.8) is 0 Å². The van der Waals surface area contributed by atoms with Crippen LogP contribution in [0.5, 0.6) is 0 Å². The molecule has 2 rings (SSSR count). The Kier molecular flexibility index (Phi) is 2.64. The van der Waals surface area contributed by atoms with Crippen LogP contribution in [-0.4, -0.2) is 9.78 Å². The Morgan fingerprint density at radius 2 is 2.27 bits per heavy atom. The first-order chi connectivity index (χ1) is 7.15. The van der Waals surface area contributed by atoms with Gasteiger partial charge in [-0.1, -0.05) is 23.7 Å². The van der Waals surface area contributed by atoms with E-state index >= 15 is 0 Å². The van der Waals surface area contributed by atoms with E-state index < -0.39 is 0 Å². The molecule has 0 aliphatic rings. The first-order valence-electron chi connectivity index (χ1n) is 4.69. The second-order valence-electron chi connectivity index (χ2n) is 3.52. The Bertz CT molecular complexity index is 457. The van der Waals surface area contributed by atoms with Crippen LogP contribution in [-0.2, 0) is 6.54 Å². The fourth-order valence-corrected chi connectivity index (χ4v) is 1.65. The zero-order valence-corrected chi connectivity index (χ0v) is 9.20. The molecule has 3 nitrogen and oxygen atoms in total. The number of benzene rings is 1. The molecule has 2 aromatic rings. The molecular weight excluding hydrogens is 210 g/mol. The molecule has 0 saturated heterocycles. The van der Waals surface area contributed by atoms with Gasteiger partial charge in [0.05, 0.1) is 6.54 Å². The molecule has 1 aromatic carbocycles. The van der Waals surface area contributed by atoms with Gasteiger partial charge >= 0.3 is 0 Å². The van der Waals surface area contributed by atoms with Crippen molar-refractivity contribution in [3.05, 3.63) is 46.6 Å². The maximum atomic E-state index is 5.89. The van der Waals surface area contributed by atoms with Gasteiger partial charge in [0.2, 0.25) is 0 Å². The van der Waals surface area contributed by atoms with Gasteiger partial charge in [-0.25, -0.2) is 0 Å². The first kappa shape index (κ1) is 10.1. The normalized spacial score (nSPS) is 10.5. The summed E-state index contributed by atoms with van der Waals surface area (Å²) >= 11 is 5.89. The van der Waals surface area contributed by atoms with Gasteiger partial charge in [0.25, 0.3) is 0 Å². The Morgan fingerprint density at radius 3 is 2.87 bits per heavy atom. The summed E-state index contributed by atoms with van der Waals surface area (Å²) in [7, 11) is 0. The number of rotatable bonds is 2. The predicted octanol–water partition coefficient (Wildman–Crippen LogP) is 2.48. The van der Waals surface area contributed by atoms with E-state index in [4.69, 9.17) is 17.3 Å². The zero-order valence-electron chi connectivity index (χ0n) is 8.44. The average molecular weight is 222 g/mol. The van der Waals surface area contributed by atoms with Crippen LogP contribution in [0.15, 0.2) is 30.5 Å². The molecule has 0 bridgehead atoms. The molecule has 1 heterocycles. The standard InChI is InChI=1S/C11H12ClN3/c1-8-6-15(14-11(8)13)7-9-3-2-4-10(12)5-9/h2-6H,7H2,1H3,(H2,13,14). The fraction of sp³-hybridized carbons (Fsp3) is 0.182. The number of aromatic nitrogens is 2. The molecule has 0 radical (unpaired) electrons. The molecule has 0 fully saturated rings.